The summed E-state index contributed by atoms with van der Waals surface area (Å²) >= 11 is 6.17. The number of nitrogens with zero attached hydrogens (tertiary/aromatic N) is 3. The van der Waals surface area contributed by atoms with Gasteiger partial charge in [-0.05, 0) is 0 Å². The Kier molecular flexibility index (Phi) is 4.66. The Hall–Kier alpha value is -2.39. The molecule has 0 saturated carbocycles. The summed E-state index contributed by atoms with van der Waals surface area (Å²) in [7, 11) is 0. The fourth-order valence-electron chi connectivity index (χ4n) is 2.48. The summed E-state index contributed by atoms with van der Waals surface area (Å²) in [6.07, 6.45) is 1.96. The SMILES string of the molecule is Clc1ccc(-c2cn(-c3ccccc3[Se]c3ccccc3)nn2)cc1. The van der Waals surface area contributed by atoms with E-state index in [0.29, 0.717) is 5.02 Å². The molecule has 4 rings (SSSR count). The van der Waals surface area contributed by atoms with Gasteiger partial charge in [0.15, 0.2) is 0 Å². The van der Waals surface area contributed by atoms with Gasteiger partial charge in [0.25, 0.3) is 0 Å². The van der Waals surface area contributed by atoms with Crippen LogP contribution in [0.4, 0.5) is 0 Å². The third-order valence-electron chi connectivity index (χ3n) is 3.72. The molecule has 1 heterocycles. The molecule has 25 heavy (non-hydrogen) atoms. The minimum atomic E-state index is 0.213. The molecule has 0 amide bonds. The van der Waals surface area contributed by atoms with E-state index in [1.165, 1.54) is 8.92 Å². The zero-order valence-corrected chi connectivity index (χ0v) is 15.7. The van der Waals surface area contributed by atoms with Crippen LogP contribution in [-0.4, -0.2) is 30.0 Å². The van der Waals surface area contributed by atoms with E-state index in [4.69, 9.17) is 11.6 Å². The van der Waals surface area contributed by atoms with Crippen molar-refractivity contribution in [2.45, 2.75) is 0 Å². The number of hydrogen-bond donors (Lipinski definition) is 0. The maximum absolute atomic E-state index is 5.96. The predicted molar refractivity (Wildman–Crippen MR) is 103 cm³/mol. The quantitative estimate of drug-likeness (QED) is 0.484. The number of para-hydroxylation sites is 1. The number of halogens is 1. The number of aromatic nitrogens is 3. The summed E-state index contributed by atoms with van der Waals surface area (Å²) in [5, 5.41) is 9.36. The Bertz CT molecular complexity index is 981. The van der Waals surface area contributed by atoms with Crippen LogP contribution < -0.4 is 8.92 Å². The molecule has 0 atom stereocenters. The van der Waals surface area contributed by atoms with Gasteiger partial charge in [-0.15, -0.1) is 0 Å². The second-order valence-corrected chi connectivity index (χ2v) is 8.21. The minimum absolute atomic E-state index is 0.213. The first kappa shape index (κ1) is 16.1. The molecule has 1 aromatic heterocycles. The van der Waals surface area contributed by atoms with Crippen LogP contribution in [0.25, 0.3) is 16.9 Å². The molecule has 3 nitrogen and oxygen atoms in total. The van der Waals surface area contributed by atoms with E-state index < -0.39 is 0 Å². The van der Waals surface area contributed by atoms with E-state index in [1.807, 2.05) is 47.3 Å². The molecule has 122 valence electrons. The first-order chi connectivity index (χ1) is 12.3. The monoisotopic (exact) mass is 411 g/mol. The van der Waals surface area contributed by atoms with Crippen molar-refractivity contribution in [2.24, 2.45) is 0 Å². The summed E-state index contributed by atoms with van der Waals surface area (Å²) in [6, 6.07) is 26.5. The summed E-state index contributed by atoms with van der Waals surface area (Å²) in [5.74, 6) is 0. The van der Waals surface area contributed by atoms with Crippen molar-refractivity contribution < 1.29 is 0 Å². The Morgan fingerprint density at radius 1 is 0.800 bits per heavy atom. The first-order valence-corrected chi connectivity index (χ1v) is 9.89. The predicted octanol–water partition coefficient (Wildman–Crippen LogP) is 3.24. The van der Waals surface area contributed by atoms with E-state index in [2.05, 4.69) is 52.8 Å². The Morgan fingerprint density at radius 2 is 1.52 bits per heavy atom. The molecule has 5 heteroatoms. The molecule has 0 bridgehead atoms. The third-order valence-corrected chi connectivity index (χ3v) is 6.22. The molecular weight excluding hydrogens is 397 g/mol. The molecule has 0 radical (unpaired) electrons. The average molecular weight is 411 g/mol. The van der Waals surface area contributed by atoms with Gasteiger partial charge in [-0.2, -0.15) is 0 Å². The van der Waals surface area contributed by atoms with Gasteiger partial charge >= 0.3 is 158 Å². The molecule has 0 saturated heterocycles. The van der Waals surface area contributed by atoms with Crippen LogP contribution in [-0.2, 0) is 0 Å². The summed E-state index contributed by atoms with van der Waals surface area (Å²) < 4.78 is 4.46. The molecule has 0 unspecified atom stereocenters. The fourth-order valence-corrected chi connectivity index (χ4v) is 4.62. The van der Waals surface area contributed by atoms with Crippen LogP contribution in [0, 0.1) is 0 Å². The molecule has 0 aliphatic rings. The normalized spacial score (nSPS) is 10.8. The molecule has 4 aromatic rings. The Balaban J connectivity index is 1.68. The van der Waals surface area contributed by atoms with Gasteiger partial charge in [0.1, 0.15) is 0 Å². The molecule has 0 fully saturated rings. The van der Waals surface area contributed by atoms with Crippen LogP contribution >= 0.6 is 11.6 Å². The Labute approximate surface area is 157 Å². The number of benzene rings is 3. The van der Waals surface area contributed by atoms with E-state index in [1.54, 1.807) is 0 Å². The van der Waals surface area contributed by atoms with Crippen molar-refractivity contribution in [2.75, 3.05) is 0 Å². The van der Waals surface area contributed by atoms with E-state index >= 15 is 0 Å². The van der Waals surface area contributed by atoms with Crippen molar-refractivity contribution >= 4 is 35.5 Å². The standard InChI is InChI=1S/C20H14ClN3Se/c21-16-12-10-15(11-13-16)18-14-24(23-22-18)19-8-4-5-9-20(19)25-17-6-2-1-3-7-17/h1-14H. The van der Waals surface area contributed by atoms with Gasteiger partial charge < -0.3 is 0 Å². The molecule has 0 N–H and O–H groups in total. The summed E-state index contributed by atoms with van der Waals surface area (Å²) in [5.41, 5.74) is 2.90. The van der Waals surface area contributed by atoms with Crippen molar-refractivity contribution in [3.63, 3.8) is 0 Å². The van der Waals surface area contributed by atoms with Gasteiger partial charge in [-0.1, -0.05) is 0 Å². The second kappa shape index (κ2) is 7.24. The summed E-state index contributed by atoms with van der Waals surface area (Å²) in [4.78, 5) is 0. The number of hydrogen-bond acceptors (Lipinski definition) is 2. The first-order valence-electron chi connectivity index (χ1n) is 7.80. The van der Waals surface area contributed by atoms with Crippen molar-refractivity contribution in [1.29, 1.82) is 0 Å². The van der Waals surface area contributed by atoms with E-state index in [-0.39, 0.29) is 15.0 Å². The van der Waals surface area contributed by atoms with Crippen LogP contribution in [0.5, 0.6) is 0 Å². The molecule has 3 aromatic carbocycles. The van der Waals surface area contributed by atoms with Crippen molar-refractivity contribution in [3.05, 3.63) is 90.1 Å². The van der Waals surface area contributed by atoms with Gasteiger partial charge in [-0.25, -0.2) is 0 Å². The van der Waals surface area contributed by atoms with Gasteiger partial charge in [0.2, 0.25) is 0 Å². The van der Waals surface area contributed by atoms with Gasteiger partial charge in [-0.3, -0.25) is 0 Å². The van der Waals surface area contributed by atoms with Gasteiger partial charge in [0.05, 0.1) is 0 Å². The average Bonchev–Trinajstić information content (AvgIpc) is 3.14. The van der Waals surface area contributed by atoms with Crippen LogP contribution in [0.1, 0.15) is 0 Å². The zero-order valence-electron chi connectivity index (χ0n) is 13.2. The molecule has 0 aliphatic heterocycles. The maximum atomic E-state index is 5.96. The number of rotatable bonds is 4. The zero-order chi connectivity index (χ0) is 17.1. The molecule has 0 aliphatic carbocycles. The molecular formula is C20H14ClN3Se. The second-order valence-electron chi connectivity index (χ2n) is 5.44. The molecule has 0 spiro atoms. The van der Waals surface area contributed by atoms with E-state index in [0.717, 1.165) is 16.9 Å². The van der Waals surface area contributed by atoms with Crippen LogP contribution in [0.15, 0.2) is 85.1 Å². The Morgan fingerprint density at radius 3 is 2.32 bits per heavy atom. The van der Waals surface area contributed by atoms with Crippen LogP contribution in [0.2, 0.25) is 5.02 Å². The third kappa shape index (κ3) is 3.67. The fraction of sp³-hybridized carbons (Fsp3) is 0. The van der Waals surface area contributed by atoms with Crippen LogP contribution in [0.3, 0.4) is 0 Å². The van der Waals surface area contributed by atoms with Gasteiger partial charge in [0, 0.05) is 0 Å². The van der Waals surface area contributed by atoms with E-state index in [9.17, 15) is 0 Å². The van der Waals surface area contributed by atoms with Crippen molar-refractivity contribution in [1.82, 2.24) is 15.0 Å². The topological polar surface area (TPSA) is 30.7 Å². The van der Waals surface area contributed by atoms with Crippen molar-refractivity contribution in [3.8, 4) is 16.9 Å². The summed E-state index contributed by atoms with van der Waals surface area (Å²) in [6.45, 7) is 0.